The molecule has 0 radical (unpaired) electrons. The SMILES string of the molecule is CCCNC(CC(C)CC)c1c(F)cc(F)cc1F. The second-order valence-electron chi connectivity index (χ2n) is 5.04. The highest BCUT2D eigenvalue weighted by molar-refractivity contribution is 5.24. The Hall–Kier alpha value is -1.03. The topological polar surface area (TPSA) is 12.0 Å². The van der Waals surface area contributed by atoms with Gasteiger partial charge >= 0.3 is 0 Å². The van der Waals surface area contributed by atoms with E-state index in [1.54, 1.807) is 0 Å². The fraction of sp³-hybridized carbons (Fsp3) is 0.600. The number of halogens is 3. The minimum absolute atomic E-state index is 0.0462. The molecular weight excluding hydrogens is 251 g/mol. The van der Waals surface area contributed by atoms with Gasteiger partial charge in [0.15, 0.2) is 0 Å². The lowest BCUT2D eigenvalue weighted by Gasteiger charge is -2.23. The molecule has 0 spiro atoms. The van der Waals surface area contributed by atoms with Crippen LogP contribution < -0.4 is 5.32 Å². The van der Waals surface area contributed by atoms with Crippen molar-refractivity contribution >= 4 is 0 Å². The molecule has 0 aliphatic carbocycles. The van der Waals surface area contributed by atoms with Crippen molar-refractivity contribution in [3.05, 3.63) is 35.1 Å². The summed E-state index contributed by atoms with van der Waals surface area (Å²) in [6.07, 6.45) is 2.45. The Morgan fingerprint density at radius 3 is 2.16 bits per heavy atom. The van der Waals surface area contributed by atoms with Crippen molar-refractivity contribution in [1.82, 2.24) is 5.32 Å². The van der Waals surface area contributed by atoms with E-state index >= 15 is 0 Å². The van der Waals surface area contributed by atoms with E-state index in [0.29, 0.717) is 18.9 Å². The zero-order chi connectivity index (χ0) is 14.4. The summed E-state index contributed by atoms with van der Waals surface area (Å²) in [4.78, 5) is 0. The van der Waals surface area contributed by atoms with Crippen LogP contribution in [0.15, 0.2) is 12.1 Å². The third-order valence-electron chi connectivity index (χ3n) is 3.37. The van der Waals surface area contributed by atoms with Crippen molar-refractivity contribution in [2.45, 2.75) is 46.1 Å². The monoisotopic (exact) mass is 273 g/mol. The molecule has 2 atom stereocenters. The van der Waals surface area contributed by atoms with Gasteiger partial charge in [0.2, 0.25) is 0 Å². The van der Waals surface area contributed by atoms with Gasteiger partial charge in [-0.05, 0) is 25.3 Å². The predicted molar refractivity (Wildman–Crippen MR) is 71.4 cm³/mol. The van der Waals surface area contributed by atoms with Crippen LogP contribution in [0.4, 0.5) is 13.2 Å². The van der Waals surface area contributed by atoms with Crippen molar-refractivity contribution in [2.75, 3.05) is 6.54 Å². The first kappa shape index (κ1) is 16.0. The fourth-order valence-corrected chi connectivity index (χ4v) is 2.08. The maximum absolute atomic E-state index is 13.8. The lowest BCUT2D eigenvalue weighted by atomic mass is 9.93. The molecule has 108 valence electrons. The molecule has 0 amide bonds. The first-order valence-electron chi connectivity index (χ1n) is 6.87. The molecule has 0 saturated heterocycles. The van der Waals surface area contributed by atoms with Gasteiger partial charge in [0.25, 0.3) is 0 Å². The van der Waals surface area contributed by atoms with E-state index < -0.39 is 23.5 Å². The van der Waals surface area contributed by atoms with Crippen LogP contribution in [0.5, 0.6) is 0 Å². The zero-order valence-electron chi connectivity index (χ0n) is 11.8. The van der Waals surface area contributed by atoms with Crippen LogP contribution in [-0.4, -0.2) is 6.54 Å². The molecule has 0 aliphatic rings. The third kappa shape index (κ3) is 4.53. The van der Waals surface area contributed by atoms with E-state index in [1.165, 1.54) is 0 Å². The number of nitrogens with one attached hydrogen (secondary N) is 1. The Labute approximate surface area is 113 Å². The summed E-state index contributed by atoms with van der Waals surface area (Å²) in [5.41, 5.74) is -0.0462. The Kier molecular flexibility index (Phi) is 6.35. The molecule has 0 fully saturated rings. The second kappa shape index (κ2) is 7.53. The molecule has 0 bridgehead atoms. The van der Waals surface area contributed by atoms with Crippen LogP contribution in [0.2, 0.25) is 0 Å². The summed E-state index contributed by atoms with van der Waals surface area (Å²) in [5, 5.41) is 3.15. The van der Waals surface area contributed by atoms with E-state index in [-0.39, 0.29) is 5.56 Å². The standard InChI is InChI=1S/C15H22F3N/c1-4-6-19-14(7-10(3)5-2)15-12(17)8-11(16)9-13(15)18/h8-10,14,19H,4-7H2,1-3H3. The normalized spacial score (nSPS) is 14.4. The van der Waals surface area contributed by atoms with Crippen LogP contribution in [0.1, 0.15) is 51.6 Å². The molecule has 2 unspecified atom stereocenters. The lowest BCUT2D eigenvalue weighted by molar-refractivity contribution is 0.377. The van der Waals surface area contributed by atoms with Crippen molar-refractivity contribution in [3.63, 3.8) is 0 Å². The van der Waals surface area contributed by atoms with Gasteiger partial charge in [0.05, 0.1) is 0 Å². The quantitative estimate of drug-likeness (QED) is 0.766. The minimum atomic E-state index is -0.878. The summed E-state index contributed by atoms with van der Waals surface area (Å²) in [7, 11) is 0. The maximum Gasteiger partial charge on any atom is 0.133 e. The molecule has 19 heavy (non-hydrogen) atoms. The molecular formula is C15H22F3N. The first-order valence-corrected chi connectivity index (χ1v) is 6.87. The van der Waals surface area contributed by atoms with Gasteiger partial charge in [-0.3, -0.25) is 0 Å². The maximum atomic E-state index is 13.8. The van der Waals surface area contributed by atoms with Gasteiger partial charge < -0.3 is 5.32 Å². The molecule has 1 N–H and O–H groups in total. The van der Waals surface area contributed by atoms with Crippen molar-refractivity contribution in [2.24, 2.45) is 5.92 Å². The summed E-state index contributed by atoms with van der Waals surface area (Å²) < 4.78 is 40.6. The number of hydrogen-bond donors (Lipinski definition) is 1. The van der Waals surface area contributed by atoms with Gasteiger partial charge in [-0.2, -0.15) is 0 Å². The number of rotatable bonds is 7. The van der Waals surface area contributed by atoms with Crippen LogP contribution in [0.3, 0.4) is 0 Å². The molecule has 0 aliphatic heterocycles. The van der Waals surface area contributed by atoms with Crippen molar-refractivity contribution in [1.29, 1.82) is 0 Å². The van der Waals surface area contributed by atoms with E-state index in [9.17, 15) is 13.2 Å². The van der Waals surface area contributed by atoms with Gasteiger partial charge in [0, 0.05) is 23.7 Å². The van der Waals surface area contributed by atoms with Gasteiger partial charge in [-0.25, -0.2) is 13.2 Å². The van der Waals surface area contributed by atoms with Crippen LogP contribution in [-0.2, 0) is 0 Å². The average molecular weight is 273 g/mol. The zero-order valence-corrected chi connectivity index (χ0v) is 11.8. The van der Waals surface area contributed by atoms with Crippen molar-refractivity contribution < 1.29 is 13.2 Å². The van der Waals surface area contributed by atoms with Crippen LogP contribution in [0.25, 0.3) is 0 Å². The fourth-order valence-electron chi connectivity index (χ4n) is 2.08. The molecule has 1 rings (SSSR count). The molecule has 1 aromatic carbocycles. The number of benzene rings is 1. The highest BCUT2D eigenvalue weighted by Crippen LogP contribution is 2.28. The summed E-state index contributed by atoms with van der Waals surface area (Å²) >= 11 is 0. The molecule has 4 heteroatoms. The Morgan fingerprint density at radius 2 is 1.68 bits per heavy atom. The van der Waals surface area contributed by atoms with E-state index in [1.807, 2.05) is 20.8 Å². The lowest BCUT2D eigenvalue weighted by Crippen LogP contribution is -2.26. The molecule has 1 nitrogen and oxygen atoms in total. The third-order valence-corrected chi connectivity index (χ3v) is 3.37. The Bertz CT molecular complexity index is 383. The molecule has 0 heterocycles. The summed E-state index contributed by atoms with van der Waals surface area (Å²) in [5.74, 6) is -2.15. The first-order chi connectivity index (χ1) is 8.99. The molecule has 0 aromatic heterocycles. The van der Waals surface area contributed by atoms with E-state index in [4.69, 9.17) is 0 Å². The Morgan fingerprint density at radius 1 is 1.11 bits per heavy atom. The highest BCUT2D eigenvalue weighted by atomic mass is 19.1. The Balaban J connectivity index is 3.02. The number of hydrogen-bond acceptors (Lipinski definition) is 1. The average Bonchev–Trinajstić information content (AvgIpc) is 2.34. The largest absolute Gasteiger partial charge is 0.310 e. The molecule has 0 saturated carbocycles. The van der Waals surface area contributed by atoms with Gasteiger partial charge in [0.1, 0.15) is 17.5 Å². The van der Waals surface area contributed by atoms with Gasteiger partial charge in [-0.1, -0.05) is 27.2 Å². The second-order valence-corrected chi connectivity index (χ2v) is 5.04. The smallest absolute Gasteiger partial charge is 0.133 e. The van der Waals surface area contributed by atoms with Crippen LogP contribution in [0, 0.1) is 23.4 Å². The molecule has 1 aromatic rings. The summed E-state index contributed by atoms with van der Waals surface area (Å²) in [6, 6.07) is 1.08. The minimum Gasteiger partial charge on any atom is -0.310 e. The van der Waals surface area contributed by atoms with Crippen molar-refractivity contribution in [3.8, 4) is 0 Å². The van der Waals surface area contributed by atoms with Crippen LogP contribution >= 0.6 is 0 Å². The summed E-state index contributed by atoms with van der Waals surface area (Å²) in [6.45, 7) is 6.75. The van der Waals surface area contributed by atoms with Gasteiger partial charge in [-0.15, -0.1) is 0 Å². The van der Waals surface area contributed by atoms with E-state index in [2.05, 4.69) is 5.32 Å². The predicted octanol–water partition coefficient (Wildman–Crippen LogP) is 4.58. The van der Waals surface area contributed by atoms with E-state index in [0.717, 1.165) is 25.0 Å². The highest BCUT2D eigenvalue weighted by Gasteiger charge is 2.22.